The Kier molecular flexibility index (Phi) is 5.91. The Balaban J connectivity index is 1.80. The summed E-state index contributed by atoms with van der Waals surface area (Å²) in [5.74, 6) is 0.975. The van der Waals surface area contributed by atoms with Crippen LogP contribution >= 0.6 is 0 Å². The van der Waals surface area contributed by atoms with E-state index in [-0.39, 0.29) is 0 Å². The summed E-state index contributed by atoms with van der Waals surface area (Å²) < 4.78 is 0. The van der Waals surface area contributed by atoms with Gasteiger partial charge in [0.1, 0.15) is 0 Å². The summed E-state index contributed by atoms with van der Waals surface area (Å²) in [4.78, 5) is 0. The van der Waals surface area contributed by atoms with Gasteiger partial charge in [-0.05, 0) is 50.3 Å². The lowest BCUT2D eigenvalue weighted by Crippen LogP contribution is -2.29. The van der Waals surface area contributed by atoms with Gasteiger partial charge in [-0.25, -0.2) is 0 Å². The maximum Gasteiger partial charge on any atom is 0.00698 e. The third kappa shape index (κ3) is 4.65. The first-order chi connectivity index (χ1) is 9.29. The molecule has 2 rings (SSSR count). The number of aryl methyl sites for hydroxylation is 2. The number of nitrogens with one attached hydrogen (secondary N) is 1. The number of hydrogen-bond acceptors (Lipinski definition) is 1. The molecule has 0 bridgehead atoms. The molecule has 0 spiro atoms. The molecule has 1 N–H and O–H groups in total. The number of benzene rings is 1. The van der Waals surface area contributed by atoms with Gasteiger partial charge in [0.25, 0.3) is 0 Å². The second-order valence-corrected chi connectivity index (χ2v) is 6.19. The standard InChI is InChI=1S/C18H29N/c1-15-8-6-7-11-17(15)12-13-18(19-2)14-16-9-4-3-5-10-16/h6-8,11,16,18-19H,3-5,9-10,12-14H2,1-2H3. The quantitative estimate of drug-likeness (QED) is 0.794. The van der Waals surface area contributed by atoms with Crippen LogP contribution in [-0.2, 0) is 6.42 Å². The normalized spacial score (nSPS) is 18.4. The Morgan fingerprint density at radius 1 is 1.16 bits per heavy atom. The molecule has 1 aliphatic rings. The van der Waals surface area contributed by atoms with Crippen molar-refractivity contribution in [1.82, 2.24) is 5.32 Å². The molecule has 19 heavy (non-hydrogen) atoms. The van der Waals surface area contributed by atoms with E-state index in [4.69, 9.17) is 0 Å². The lowest BCUT2D eigenvalue weighted by molar-refractivity contribution is 0.297. The van der Waals surface area contributed by atoms with E-state index in [1.807, 2.05) is 0 Å². The van der Waals surface area contributed by atoms with Gasteiger partial charge in [0, 0.05) is 6.04 Å². The van der Waals surface area contributed by atoms with Gasteiger partial charge in [0.05, 0.1) is 0 Å². The zero-order valence-electron chi connectivity index (χ0n) is 12.6. The Labute approximate surface area is 118 Å². The maximum atomic E-state index is 3.54. The van der Waals surface area contributed by atoms with Gasteiger partial charge >= 0.3 is 0 Å². The summed E-state index contributed by atoms with van der Waals surface area (Å²) in [6, 6.07) is 9.50. The molecule has 1 atom stereocenters. The average Bonchev–Trinajstić information content (AvgIpc) is 2.46. The predicted molar refractivity (Wildman–Crippen MR) is 83.5 cm³/mol. The number of rotatable bonds is 6. The topological polar surface area (TPSA) is 12.0 Å². The Morgan fingerprint density at radius 2 is 1.89 bits per heavy atom. The highest BCUT2D eigenvalue weighted by Gasteiger charge is 2.18. The van der Waals surface area contributed by atoms with Gasteiger partial charge < -0.3 is 5.32 Å². The van der Waals surface area contributed by atoms with Gasteiger partial charge in [-0.1, -0.05) is 56.4 Å². The molecule has 1 aromatic carbocycles. The van der Waals surface area contributed by atoms with Crippen LogP contribution in [0.2, 0.25) is 0 Å². The molecule has 0 aliphatic heterocycles. The Bertz CT molecular complexity index is 366. The van der Waals surface area contributed by atoms with Crippen LogP contribution in [0.15, 0.2) is 24.3 Å². The minimum absolute atomic E-state index is 0.697. The van der Waals surface area contributed by atoms with Crippen molar-refractivity contribution in [3.63, 3.8) is 0 Å². The maximum absolute atomic E-state index is 3.54. The highest BCUT2D eigenvalue weighted by Crippen LogP contribution is 2.28. The first-order valence-electron chi connectivity index (χ1n) is 8.01. The Morgan fingerprint density at radius 3 is 2.58 bits per heavy atom. The van der Waals surface area contributed by atoms with E-state index >= 15 is 0 Å². The lowest BCUT2D eigenvalue weighted by Gasteiger charge is -2.26. The molecule has 0 aromatic heterocycles. The van der Waals surface area contributed by atoms with Crippen molar-refractivity contribution < 1.29 is 0 Å². The number of hydrogen-bond donors (Lipinski definition) is 1. The molecule has 0 radical (unpaired) electrons. The third-order valence-electron chi connectivity index (χ3n) is 4.77. The first-order valence-corrected chi connectivity index (χ1v) is 8.01. The highest BCUT2D eigenvalue weighted by molar-refractivity contribution is 5.25. The van der Waals surface area contributed by atoms with Gasteiger partial charge in [-0.2, -0.15) is 0 Å². The smallest absolute Gasteiger partial charge is 0.00698 e. The molecule has 1 fully saturated rings. The Hall–Kier alpha value is -0.820. The summed E-state index contributed by atoms with van der Waals surface area (Å²) in [5, 5.41) is 3.54. The first kappa shape index (κ1) is 14.6. The van der Waals surface area contributed by atoms with E-state index in [0.717, 1.165) is 5.92 Å². The fourth-order valence-corrected chi connectivity index (χ4v) is 3.43. The predicted octanol–water partition coefficient (Wildman–Crippen LogP) is 4.49. The van der Waals surface area contributed by atoms with Crippen LogP contribution in [0.4, 0.5) is 0 Å². The van der Waals surface area contributed by atoms with E-state index in [2.05, 4.69) is 43.6 Å². The van der Waals surface area contributed by atoms with Crippen LogP contribution in [-0.4, -0.2) is 13.1 Å². The van der Waals surface area contributed by atoms with Gasteiger partial charge in [0.15, 0.2) is 0 Å². The summed E-state index contributed by atoms with van der Waals surface area (Å²) in [7, 11) is 2.13. The molecule has 1 aliphatic carbocycles. The third-order valence-corrected chi connectivity index (χ3v) is 4.77. The van der Waals surface area contributed by atoms with Crippen molar-refractivity contribution in [1.29, 1.82) is 0 Å². The summed E-state index contributed by atoms with van der Waals surface area (Å²) in [6.45, 7) is 2.23. The van der Waals surface area contributed by atoms with Crippen molar-refractivity contribution in [2.75, 3.05) is 7.05 Å². The van der Waals surface area contributed by atoms with Crippen molar-refractivity contribution in [3.8, 4) is 0 Å². The molecule has 1 heteroatoms. The van der Waals surface area contributed by atoms with Gasteiger partial charge in [-0.15, -0.1) is 0 Å². The highest BCUT2D eigenvalue weighted by atomic mass is 14.9. The molecule has 1 saturated carbocycles. The average molecular weight is 259 g/mol. The van der Waals surface area contributed by atoms with E-state index in [9.17, 15) is 0 Å². The second-order valence-electron chi connectivity index (χ2n) is 6.19. The molecular formula is C18H29N. The van der Waals surface area contributed by atoms with Crippen LogP contribution in [0.3, 0.4) is 0 Å². The molecule has 0 amide bonds. The van der Waals surface area contributed by atoms with Crippen LogP contribution in [0.1, 0.15) is 56.1 Å². The van der Waals surface area contributed by atoms with E-state index in [0.29, 0.717) is 6.04 Å². The van der Waals surface area contributed by atoms with Crippen LogP contribution in [0.25, 0.3) is 0 Å². The van der Waals surface area contributed by atoms with Crippen molar-refractivity contribution >= 4 is 0 Å². The molecule has 1 nitrogen and oxygen atoms in total. The zero-order chi connectivity index (χ0) is 13.5. The van der Waals surface area contributed by atoms with E-state index in [1.165, 1.54) is 62.5 Å². The molecule has 106 valence electrons. The fraction of sp³-hybridized carbons (Fsp3) is 0.667. The lowest BCUT2D eigenvalue weighted by atomic mass is 9.83. The van der Waals surface area contributed by atoms with Crippen LogP contribution < -0.4 is 5.32 Å². The second kappa shape index (κ2) is 7.69. The van der Waals surface area contributed by atoms with E-state index < -0.39 is 0 Å². The molecule has 0 saturated heterocycles. The molecular weight excluding hydrogens is 230 g/mol. The van der Waals surface area contributed by atoms with Crippen molar-refractivity contribution in [2.45, 2.75) is 64.3 Å². The summed E-state index contributed by atoms with van der Waals surface area (Å²) >= 11 is 0. The van der Waals surface area contributed by atoms with Crippen molar-refractivity contribution in [3.05, 3.63) is 35.4 Å². The largest absolute Gasteiger partial charge is 0.317 e. The van der Waals surface area contributed by atoms with Crippen LogP contribution in [0, 0.1) is 12.8 Å². The van der Waals surface area contributed by atoms with Gasteiger partial charge in [-0.3, -0.25) is 0 Å². The minimum Gasteiger partial charge on any atom is -0.317 e. The fourth-order valence-electron chi connectivity index (χ4n) is 3.43. The van der Waals surface area contributed by atoms with Crippen molar-refractivity contribution in [2.24, 2.45) is 5.92 Å². The van der Waals surface area contributed by atoms with E-state index in [1.54, 1.807) is 0 Å². The zero-order valence-corrected chi connectivity index (χ0v) is 12.6. The molecule has 1 aromatic rings. The SMILES string of the molecule is CNC(CCc1ccccc1C)CC1CCCCC1. The summed E-state index contributed by atoms with van der Waals surface area (Å²) in [6.07, 6.45) is 11.2. The summed E-state index contributed by atoms with van der Waals surface area (Å²) in [5.41, 5.74) is 2.96. The minimum atomic E-state index is 0.697. The van der Waals surface area contributed by atoms with Crippen LogP contribution in [0.5, 0.6) is 0 Å². The monoisotopic (exact) mass is 259 g/mol. The molecule has 0 heterocycles. The van der Waals surface area contributed by atoms with Gasteiger partial charge in [0.2, 0.25) is 0 Å². The molecule has 1 unspecified atom stereocenters.